The van der Waals surface area contributed by atoms with Crippen LogP contribution in [0.25, 0.3) is 5.65 Å². The number of pyridine rings is 1. The largest absolute Gasteiger partial charge is 0.333 e. The van der Waals surface area contributed by atoms with Crippen molar-refractivity contribution in [1.82, 2.24) is 19.2 Å². The van der Waals surface area contributed by atoms with Crippen LogP contribution >= 0.6 is 11.8 Å². The highest BCUT2D eigenvalue weighted by molar-refractivity contribution is 7.98. The van der Waals surface area contributed by atoms with Crippen molar-refractivity contribution in [2.75, 3.05) is 27.2 Å². The Morgan fingerprint density at radius 2 is 1.69 bits per heavy atom. The molecule has 0 unspecified atom stereocenters. The van der Waals surface area contributed by atoms with Gasteiger partial charge >= 0.3 is 0 Å². The van der Waals surface area contributed by atoms with Crippen LogP contribution in [0, 0.1) is 0 Å². The highest BCUT2D eigenvalue weighted by atomic mass is 32.2. The monoisotopic (exact) mass is 444 g/mol. The van der Waals surface area contributed by atoms with E-state index in [1.807, 2.05) is 90.3 Å². The number of hydrogen-bond acceptors (Lipinski definition) is 4. The molecule has 0 fully saturated rings. The van der Waals surface area contributed by atoms with Gasteiger partial charge in [0.2, 0.25) is 0 Å². The third-order valence-electron chi connectivity index (χ3n) is 5.22. The van der Waals surface area contributed by atoms with E-state index < -0.39 is 0 Å². The van der Waals surface area contributed by atoms with Gasteiger partial charge < -0.3 is 14.2 Å². The molecule has 0 aliphatic rings. The summed E-state index contributed by atoms with van der Waals surface area (Å²) in [5.41, 5.74) is 3.86. The average Bonchev–Trinajstić information content (AvgIpc) is 3.24. The molecule has 2 aromatic heterocycles. The number of fused-ring (bicyclic) bond motifs is 1. The van der Waals surface area contributed by atoms with E-state index in [-0.39, 0.29) is 5.91 Å². The molecule has 6 heteroatoms. The van der Waals surface area contributed by atoms with E-state index in [2.05, 4.69) is 28.2 Å². The molecule has 4 aromatic rings. The summed E-state index contributed by atoms with van der Waals surface area (Å²) in [6.45, 7) is 2.12. The molecule has 0 N–H and O–H groups in total. The zero-order valence-electron chi connectivity index (χ0n) is 18.5. The summed E-state index contributed by atoms with van der Waals surface area (Å²) in [7, 11) is 4.06. The minimum atomic E-state index is 0.0626. The van der Waals surface area contributed by atoms with Gasteiger partial charge in [0.15, 0.2) is 0 Å². The lowest BCUT2D eigenvalue weighted by molar-refractivity contribution is 0.0732. The average molecular weight is 445 g/mol. The predicted octanol–water partition coefficient (Wildman–Crippen LogP) is 4.83. The second kappa shape index (κ2) is 10.5. The van der Waals surface area contributed by atoms with E-state index in [9.17, 15) is 4.79 Å². The SMILES string of the molecule is CN(C)CCN(Cc1ccccc1)C(=O)c1ccc(SCc2cn3ccccc3n2)cc1. The van der Waals surface area contributed by atoms with E-state index >= 15 is 0 Å². The fraction of sp³-hybridized carbons (Fsp3) is 0.231. The standard InChI is InChI=1S/C26H28N4OS/c1-28(2)16-17-30(18-21-8-4-3-5-9-21)26(31)22-11-13-24(14-12-22)32-20-23-19-29-15-7-6-10-25(29)27-23/h3-15,19H,16-18,20H2,1-2H3. The Morgan fingerprint density at radius 1 is 0.938 bits per heavy atom. The van der Waals surface area contributed by atoms with E-state index in [0.29, 0.717) is 13.1 Å². The lowest BCUT2D eigenvalue weighted by Gasteiger charge is -2.25. The van der Waals surface area contributed by atoms with Gasteiger partial charge in [-0.2, -0.15) is 0 Å². The van der Waals surface area contributed by atoms with Crippen molar-refractivity contribution in [1.29, 1.82) is 0 Å². The van der Waals surface area contributed by atoms with Crippen LogP contribution < -0.4 is 0 Å². The predicted molar refractivity (Wildman–Crippen MR) is 131 cm³/mol. The van der Waals surface area contributed by atoms with Crippen molar-refractivity contribution < 1.29 is 4.79 Å². The van der Waals surface area contributed by atoms with Crippen LogP contribution in [-0.4, -0.2) is 52.3 Å². The van der Waals surface area contributed by atoms with Gasteiger partial charge in [-0.25, -0.2) is 4.98 Å². The minimum absolute atomic E-state index is 0.0626. The number of hydrogen-bond donors (Lipinski definition) is 0. The summed E-state index contributed by atoms with van der Waals surface area (Å²) in [6, 6.07) is 24.1. The van der Waals surface area contributed by atoms with E-state index in [0.717, 1.165) is 39.7 Å². The molecule has 2 aromatic carbocycles. The molecule has 0 radical (unpaired) electrons. The summed E-state index contributed by atoms with van der Waals surface area (Å²) >= 11 is 1.73. The quantitative estimate of drug-likeness (QED) is 0.347. The van der Waals surface area contributed by atoms with Gasteiger partial charge in [-0.15, -0.1) is 11.8 Å². The summed E-state index contributed by atoms with van der Waals surface area (Å²) in [5, 5.41) is 0. The lowest BCUT2D eigenvalue weighted by Crippen LogP contribution is -2.36. The topological polar surface area (TPSA) is 40.9 Å². The van der Waals surface area contributed by atoms with Crippen LogP contribution in [0.1, 0.15) is 21.6 Å². The van der Waals surface area contributed by atoms with E-state index in [1.165, 1.54) is 0 Å². The third kappa shape index (κ3) is 5.78. The Kier molecular flexibility index (Phi) is 7.24. The number of carbonyl (C=O) groups excluding carboxylic acids is 1. The van der Waals surface area contributed by atoms with Crippen LogP contribution in [0.4, 0.5) is 0 Å². The van der Waals surface area contributed by atoms with Gasteiger partial charge in [-0.05, 0) is 56.1 Å². The molecule has 0 aliphatic heterocycles. The van der Waals surface area contributed by atoms with Crippen molar-refractivity contribution >= 4 is 23.3 Å². The molecule has 1 amide bonds. The zero-order chi connectivity index (χ0) is 22.3. The van der Waals surface area contributed by atoms with Crippen molar-refractivity contribution in [3.63, 3.8) is 0 Å². The minimum Gasteiger partial charge on any atom is -0.333 e. The first-order valence-electron chi connectivity index (χ1n) is 10.7. The Hall–Kier alpha value is -3.09. The second-order valence-corrected chi connectivity index (χ2v) is 9.08. The highest BCUT2D eigenvalue weighted by Gasteiger charge is 2.16. The number of rotatable bonds is 9. The molecule has 0 saturated carbocycles. The first kappa shape index (κ1) is 22.1. The second-order valence-electron chi connectivity index (χ2n) is 8.03. The molecule has 32 heavy (non-hydrogen) atoms. The maximum absolute atomic E-state index is 13.2. The lowest BCUT2D eigenvalue weighted by atomic mass is 10.1. The van der Waals surface area contributed by atoms with Crippen LogP contribution in [0.5, 0.6) is 0 Å². The van der Waals surface area contributed by atoms with Crippen LogP contribution in [0.2, 0.25) is 0 Å². The van der Waals surface area contributed by atoms with Crippen molar-refractivity contribution in [2.24, 2.45) is 0 Å². The van der Waals surface area contributed by atoms with Crippen molar-refractivity contribution in [2.45, 2.75) is 17.2 Å². The Labute approximate surface area is 193 Å². The van der Waals surface area contributed by atoms with Crippen LogP contribution in [-0.2, 0) is 12.3 Å². The third-order valence-corrected chi connectivity index (χ3v) is 6.27. The smallest absolute Gasteiger partial charge is 0.254 e. The molecule has 2 heterocycles. The fourth-order valence-corrected chi connectivity index (χ4v) is 4.25. The Bertz CT molecular complexity index is 1120. The van der Waals surface area contributed by atoms with E-state index in [4.69, 9.17) is 0 Å². The molecule has 0 aliphatic carbocycles. The van der Waals surface area contributed by atoms with Gasteiger partial charge in [0, 0.05) is 48.2 Å². The normalized spacial score (nSPS) is 11.2. The molecule has 5 nitrogen and oxygen atoms in total. The molecule has 164 valence electrons. The molecular formula is C26H28N4OS. The highest BCUT2D eigenvalue weighted by Crippen LogP contribution is 2.23. The van der Waals surface area contributed by atoms with Crippen molar-refractivity contribution in [3.05, 3.63) is 102 Å². The van der Waals surface area contributed by atoms with Crippen LogP contribution in [0.3, 0.4) is 0 Å². The molecule has 0 bridgehead atoms. The number of imidazole rings is 1. The first-order valence-corrected chi connectivity index (χ1v) is 11.7. The maximum atomic E-state index is 13.2. The number of thioether (sulfide) groups is 1. The van der Waals surface area contributed by atoms with Gasteiger partial charge in [0.05, 0.1) is 5.69 Å². The van der Waals surface area contributed by atoms with Gasteiger partial charge in [0.25, 0.3) is 5.91 Å². The maximum Gasteiger partial charge on any atom is 0.254 e. The van der Waals surface area contributed by atoms with Gasteiger partial charge in [-0.1, -0.05) is 36.4 Å². The number of nitrogens with zero attached hydrogens (tertiary/aromatic N) is 4. The Morgan fingerprint density at radius 3 is 2.41 bits per heavy atom. The molecule has 0 saturated heterocycles. The van der Waals surface area contributed by atoms with Gasteiger partial charge in [0.1, 0.15) is 5.65 Å². The molecule has 4 rings (SSSR count). The molecule has 0 spiro atoms. The Balaban J connectivity index is 1.41. The summed E-state index contributed by atoms with van der Waals surface area (Å²) < 4.78 is 2.03. The summed E-state index contributed by atoms with van der Waals surface area (Å²) in [6.07, 6.45) is 4.07. The summed E-state index contributed by atoms with van der Waals surface area (Å²) in [4.78, 5) is 23.0. The molecule has 0 atom stereocenters. The first-order chi connectivity index (χ1) is 15.6. The number of likely N-dealkylation sites (N-methyl/N-ethyl adjacent to an activating group) is 1. The summed E-state index contributed by atoms with van der Waals surface area (Å²) in [5.74, 6) is 0.852. The number of amides is 1. The number of aromatic nitrogens is 2. The zero-order valence-corrected chi connectivity index (χ0v) is 19.3. The molecular weight excluding hydrogens is 416 g/mol. The van der Waals surface area contributed by atoms with Gasteiger partial charge in [-0.3, -0.25) is 4.79 Å². The number of benzene rings is 2. The number of carbonyl (C=O) groups is 1. The van der Waals surface area contributed by atoms with Crippen molar-refractivity contribution in [3.8, 4) is 0 Å². The van der Waals surface area contributed by atoms with Crippen LogP contribution in [0.15, 0.2) is 90.1 Å². The van der Waals surface area contributed by atoms with E-state index in [1.54, 1.807) is 11.8 Å². The fourth-order valence-electron chi connectivity index (χ4n) is 3.47.